The van der Waals surface area contributed by atoms with Crippen LogP contribution in [0.3, 0.4) is 0 Å². The van der Waals surface area contributed by atoms with Crippen molar-refractivity contribution in [2.45, 2.75) is 25.9 Å². The lowest BCUT2D eigenvalue weighted by molar-refractivity contribution is -0.145. The Hall–Kier alpha value is -1.05. The minimum atomic E-state index is -0.507. The Kier molecular flexibility index (Phi) is 8.80. The lowest BCUT2D eigenvalue weighted by Gasteiger charge is -2.17. The average molecular weight is 411 g/mol. The van der Waals surface area contributed by atoms with Crippen LogP contribution in [-0.4, -0.2) is 23.6 Å². The van der Waals surface area contributed by atoms with Crippen molar-refractivity contribution in [2.24, 2.45) is 0 Å². The largest absolute Gasteiger partial charge is 0.465 e. The zero-order valence-electron chi connectivity index (χ0n) is 12.9. The van der Waals surface area contributed by atoms with Gasteiger partial charge in [0.25, 0.3) is 0 Å². The lowest BCUT2D eigenvalue weighted by atomic mass is 10.1. The Morgan fingerprint density at radius 1 is 1.38 bits per heavy atom. The topological polar surface area (TPSA) is 77.2 Å². The minimum absolute atomic E-state index is 0. The third-order valence-corrected chi connectivity index (χ3v) is 4.29. The molecular weight excluding hydrogens is 393 g/mol. The molecule has 0 bridgehead atoms. The van der Waals surface area contributed by atoms with E-state index in [2.05, 4.69) is 10.3 Å². The molecule has 5 nitrogen and oxygen atoms in total. The molecule has 0 aliphatic rings. The summed E-state index contributed by atoms with van der Waals surface area (Å²) in [4.78, 5) is 17.1. The molecule has 0 amide bonds. The highest BCUT2D eigenvalue weighted by Gasteiger charge is 2.20. The second-order valence-corrected chi connectivity index (χ2v) is 6.85. The number of ether oxygens (including phenoxy) is 1. The van der Waals surface area contributed by atoms with Gasteiger partial charge >= 0.3 is 5.97 Å². The van der Waals surface area contributed by atoms with Gasteiger partial charge < -0.3 is 10.5 Å². The normalized spacial score (nSPS) is 11.6. The molecule has 1 atom stereocenters. The molecule has 2 aromatic rings. The number of nitrogens with two attached hydrogens (primary N) is 1. The fourth-order valence-electron chi connectivity index (χ4n) is 2.07. The van der Waals surface area contributed by atoms with Crippen LogP contribution in [0.15, 0.2) is 24.4 Å². The van der Waals surface area contributed by atoms with E-state index in [9.17, 15) is 4.79 Å². The van der Waals surface area contributed by atoms with Crippen LogP contribution < -0.4 is 11.1 Å². The predicted molar refractivity (Wildman–Crippen MR) is 101 cm³/mol. The number of anilines is 1. The maximum Gasteiger partial charge on any atom is 0.323 e. The summed E-state index contributed by atoms with van der Waals surface area (Å²) < 4.78 is 5.13. The fraction of sp³-hybridized carbons (Fsp3) is 0.333. The Labute approximate surface area is 160 Å². The summed E-state index contributed by atoms with van der Waals surface area (Å²) in [5, 5.41) is 4.74. The third-order valence-electron chi connectivity index (χ3n) is 3.03. The number of benzene rings is 1. The van der Waals surface area contributed by atoms with Crippen molar-refractivity contribution in [2.75, 3.05) is 12.3 Å². The molecule has 1 aromatic carbocycles. The molecule has 1 heterocycles. The van der Waals surface area contributed by atoms with Crippen molar-refractivity contribution in [3.8, 4) is 0 Å². The number of nitrogens with zero attached hydrogens (tertiary/aromatic N) is 1. The number of nitrogens with one attached hydrogen (secondary N) is 1. The second kappa shape index (κ2) is 10.1. The first-order valence-corrected chi connectivity index (χ1v) is 8.60. The van der Waals surface area contributed by atoms with Gasteiger partial charge in [-0.2, -0.15) is 0 Å². The Bertz CT molecular complexity index is 661. The number of esters is 1. The minimum Gasteiger partial charge on any atom is -0.465 e. The standard InChI is InChI=1S/C15H17Cl2N3O2S.ClH/c1-2-22-14(21)13(19-7-12-8-20-15(18)23-12)5-9-3-10(16)6-11(17)4-9;/h3-4,6,8,13,19H,2,5,7H2,1H3,(H2,18,20);1H. The monoisotopic (exact) mass is 409 g/mol. The number of hydrogen-bond donors (Lipinski definition) is 2. The molecule has 0 radical (unpaired) electrons. The fourth-order valence-corrected chi connectivity index (χ4v) is 3.28. The first-order chi connectivity index (χ1) is 11.0. The Morgan fingerprint density at radius 3 is 2.58 bits per heavy atom. The molecule has 24 heavy (non-hydrogen) atoms. The van der Waals surface area contributed by atoms with Gasteiger partial charge in [0.05, 0.1) is 6.61 Å². The molecule has 1 unspecified atom stereocenters. The summed E-state index contributed by atoms with van der Waals surface area (Å²) in [6.07, 6.45) is 2.11. The van der Waals surface area contributed by atoms with Gasteiger partial charge in [-0.1, -0.05) is 23.2 Å². The van der Waals surface area contributed by atoms with Crippen LogP contribution in [0.5, 0.6) is 0 Å². The zero-order chi connectivity index (χ0) is 16.8. The molecular formula is C15H18Cl3N3O2S. The van der Waals surface area contributed by atoms with Crippen LogP contribution in [0.2, 0.25) is 10.0 Å². The highest BCUT2D eigenvalue weighted by atomic mass is 35.5. The SMILES string of the molecule is CCOC(=O)C(Cc1cc(Cl)cc(Cl)c1)NCc1cnc(N)s1.Cl. The van der Waals surface area contributed by atoms with Crippen LogP contribution in [0.25, 0.3) is 0 Å². The van der Waals surface area contributed by atoms with E-state index in [1.807, 2.05) is 0 Å². The van der Waals surface area contributed by atoms with Gasteiger partial charge in [-0.3, -0.25) is 10.1 Å². The quantitative estimate of drug-likeness (QED) is 0.680. The number of thiazole rings is 1. The molecule has 0 spiro atoms. The van der Waals surface area contributed by atoms with E-state index >= 15 is 0 Å². The van der Waals surface area contributed by atoms with Crippen molar-refractivity contribution >= 4 is 58.0 Å². The highest BCUT2D eigenvalue weighted by molar-refractivity contribution is 7.15. The number of carbonyl (C=O) groups excluding carboxylic acids is 1. The van der Waals surface area contributed by atoms with Crippen molar-refractivity contribution in [3.63, 3.8) is 0 Å². The molecule has 2 rings (SSSR count). The predicted octanol–water partition coefficient (Wildman–Crippen LogP) is 3.72. The van der Waals surface area contributed by atoms with Gasteiger partial charge in [0, 0.05) is 27.7 Å². The Morgan fingerprint density at radius 2 is 2.04 bits per heavy atom. The van der Waals surface area contributed by atoms with E-state index in [1.54, 1.807) is 31.3 Å². The van der Waals surface area contributed by atoms with E-state index in [1.165, 1.54) is 11.3 Å². The van der Waals surface area contributed by atoms with Gasteiger partial charge in [-0.05, 0) is 37.1 Å². The number of rotatable bonds is 7. The van der Waals surface area contributed by atoms with Crippen LogP contribution in [0.4, 0.5) is 5.13 Å². The molecule has 0 aliphatic carbocycles. The molecule has 0 fully saturated rings. The van der Waals surface area contributed by atoms with E-state index in [4.69, 9.17) is 33.7 Å². The molecule has 1 aromatic heterocycles. The summed E-state index contributed by atoms with van der Waals surface area (Å²) >= 11 is 13.4. The number of halogens is 3. The van der Waals surface area contributed by atoms with E-state index in [0.29, 0.717) is 34.7 Å². The highest BCUT2D eigenvalue weighted by Crippen LogP contribution is 2.21. The van der Waals surface area contributed by atoms with Crippen LogP contribution in [-0.2, 0) is 22.5 Å². The van der Waals surface area contributed by atoms with E-state index in [-0.39, 0.29) is 18.4 Å². The van der Waals surface area contributed by atoms with Gasteiger partial charge in [-0.15, -0.1) is 23.7 Å². The summed E-state index contributed by atoms with van der Waals surface area (Å²) in [7, 11) is 0. The maximum atomic E-state index is 12.2. The number of aromatic nitrogens is 1. The van der Waals surface area contributed by atoms with Crippen molar-refractivity contribution in [3.05, 3.63) is 44.9 Å². The summed E-state index contributed by atoms with van der Waals surface area (Å²) in [5.74, 6) is -0.318. The molecule has 0 saturated carbocycles. The first-order valence-electron chi connectivity index (χ1n) is 7.03. The molecule has 3 N–H and O–H groups in total. The van der Waals surface area contributed by atoms with Crippen LogP contribution >= 0.6 is 46.9 Å². The molecule has 9 heteroatoms. The zero-order valence-corrected chi connectivity index (χ0v) is 16.1. The number of hydrogen-bond acceptors (Lipinski definition) is 6. The van der Waals surface area contributed by atoms with Crippen LogP contribution in [0.1, 0.15) is 17.4 Å². The molecule has 0 aliphatic heterocycles. The Balaban J connectivity index is 0.00000288. The van der Waals surface area contributed by atoms with Gasteiger partial charge in [0.15, 0.2) is 5.13 Å². The third kappa shape index (κ3) is 6.45. The number of nitrogen functional groups attached to an aromatic ring is 1. The van der Waals surface area contributed by atoms with Crippen LogP contribution in [0, 0.1) is 0 Å². The van der Waals surface area contributed by atoms with Gasteiger partial charge in [-0.25, -0.2) is 4.98 Å². The average Bonchev–Trinajstić information content (AvgIpc) is 2.88. The number of carbonyl (C=O) groups is 1. The molecule has 132 valence electrons. The van der Waals surface area contributed by atoms with Crippen molar-refractivity contribution in [1.29, 1.82) is 0 Å². The maximum absolute atomic E-state index is 12.2. The van der Waals surface area contributed by atoms with E-state index in [0.717, 1.165) is 10.4 Å². The summed E-state index contributed by atoms with van der Waals surface area (Å²) in [5.41, 5.74) is 6.47. The molecule has 0 saturated heterocycles. The lowest BCUT2D eigenvalue weighted by Crippen LogP contribution is -2.39. The van der Waals surface area contributed by atoms with Gasteiger partial charge in [0.1, 0.15) is 6.04 Å². The first kappa shape index (κ1) is 21.0. The van der Waals surface area contributed by atoms with Gasteiger partial charge in [0.2, 0.25) is 0 Å². The van der Waals surface area contributed by atoms with Crippen molar-refractivity contribution in [1.82, 2.24) is 10.3 Å². The second-order valence-electron chi connectivity index (χ2n) is 4.83. The van der Waals surface area contributed by atoms with Crippen molar-refractivity contribution < 1.29 is 9.53 Å². The summed E-state index contributed by atoms with van der Waals surface area (Å²) in [6, 6.07) is 4.71. The smallest absolute Gasteiger partial charge is 0.323 e. The van der Waals surface area contributed by atoms with E-state index < -0.39 is 6.04 Å². The summed E-state index contributed by atoms with van der Waals surface area (Å²) in [6.45, 7) is 2.57.